The number of primary amides is 1. The zero-order valence-corrected chi connectivity index (χ0v) is 26.4. The lowest BCUT2D eigenvalue weighted by atomic mass is 9.89. The van der Waals surface area contributed by atoms with Gasteiger partial charge < -0.3 is 11.1 Å². The molecule has 0 saturated carbocycles. The predicted octanol–water partition coefficient (Wildman–Crippen LogP) is 5.65. The Kier molecular flexibility index (Phi) is 11.6. The summed E-state index contributed by atoms with van der Waals surface area (Å²) in [5.41, 5.74) is 7.62. The molecule has 1 spiro atoms. The summed E-state index contributed by atoms with van der Waals surface area (Å²) < 4.78 is 27.8. The van der Waals surface area contributed by atoms with E-state index in [1.165, 1.54) is 53.1 Å². The highest BCUT2D eigenvalue weighted by atomic mass is 32.2. The van der Waals surface area contributed by atoms with Crippen LogP contribution in [-0.4, -0.2) is 56.2 Å². The van der Waals surface area contributed by atoms with Gasteiger partial charge in [-0.3, -0.25) is 14.7 Å². The first-order chi connectivity index (χ1) is 19.4. The molecular weight excluding hydrogens is 538 g/mol. The van der Waals surface area contributed by atoms with Crippen LogP contribution in [0.4, 0.5) is 10.5 Å². The summed E-state index contributed by atoms with van der Waals surface area (Å²) in [6.07, 6.45) is 12.8. The molecular formula is C31H49N5O4S. The molecule has 1 aromatic rings. The molecule has 2 aliphatic rings. The first-order valence-corrected chi connectivity index (χ1v) is 16.7. The smallest absolute Gasteiger partial charge is 0.318 e. The van der Waals surface area contributed by atoms with E-state index in [0.29, 0.717) is 24.4 Å². The third kappa shape index (κ3) is 8.41. The van der Waals surface area contributed by atoms with Crippen molar-refractivity contribution in [2.45, 2.75) is 104 Å². The molecule has 2 heterocycles. The predicted molar refractivity (Wildman–Crippen MR) is 167 cm³/mol. The van der Waals surface area contributed by atoms with Crippen molar-refractivity contribution >= 4 is 39.6 Å². The molecule has 9 nitrogen and oxygen atoms in total. The van der Waals surface area contributed by atoms with Gasteiger partial charge in [0.25, 0.3) is 5.91 Å². The van der Waals surface area contributed by atoms with E-state index in [2.05, 4.69) is 19.2 Å². The van der Waals surface area contributed by atoms with E-state index in [4.69, 9.17) is 10.7 Å². The van der Waals surface area contributed by atoms with Gasteiger partial charge >= 0.3 is 6.03 Å². The highest BCUT2D eigenvalue weighted by Crippen LogP contribution is 2.33. The average Bonchev–Trinajstić information content (AvgIpc) is 3.22. The SMILES string of the molecule is CCCCCCC(CCC)CCC1=NC2(CCN(S(=O)(=O)C=Cc3c(C)cc(N(C)C(N)=O)cc3C)CC2)C(=O)N1. The summed E-state index contributed by atoms with van der Waals surface area (Å²) in [5, 5.41) is 4.25. The zero-order chi connectivity index (χ0) is 30.2. The molecule has 1 fully saturated rings. The second-order valence-electron chi connectivity index (χ2n) is 11.7. The standard InChI is InChI=1S/C31H49N5O4S/c1-6-8-9-10-12-25(11-7-2)13-14-28-33-29(37)31(34-28)16-18-36(19-17-31)41(39,40)20-15-27-23(3)21-26(22-24(27)4)35(5)30(32)38/h15,20-22,25H,6-14,16-19H2,1-5H3,(H2,32,38)(H,33,34,37). The number of sulfonamides is 1. The van der Waals surface area contributed by atoms with E-state index in [1.807, 2.05) is 13.8 Å². The Morgan fingerprint density at radius 3 is 2.34 bits per heavy atom. The van der Waals surface area contributed by atoms with E-state index < -0.39 is 21.6 Å². The fourth-order valence-electron chi connectivity index (χ4n) is 5.97. The number of aryl methyl sites for hydroxylation is 2. The van der Waals surface area contributed by atoms with Gasteiger partial charge in [-0.2, -0.15) is 4.31 Å². The van der Waals surface area contributed by atoms with Crippen LogP contribution in [0.2, 0.25) is 0 Å². The number of nitrogens with one attached hydrogen (secondary N) is 1. The Labute approximate surface area is 246 Å². The van der Waals surface area contributed by atoms with E-state index in [9.17, 15) is 18.0 Å². The van der Waals surface area contributed by atoms with E-state index in [0.717, 1.165) is 41.8 Å². The zero-order valence-electron chi connectivity index (χ0n) is 25.5. The van der Waals surface area contributed by atoms with E-state index in [-0.39, 0.29) is 19.0 Å². The fraction of sp³-hybridized carbons (Fsp3) is 0.645. The molecule has 0 bridgehead atoms. The number of hydrogen-bond acceptors (Lipinski definition) is 5. The summed E-state index contributed by atoms with van der Waals surface area (Å²) >= 11 is 0. The topological polar surface area (TPSA) is 125 Å². The minimum atomic E-state index is -3.69. The molecule has 0 aliphatic carbocycles. The van der Waals surface area contributed by atoms with Crippen LogP contribution in [0.3, 0.4) is 0 Å². The monoisotopic (exact) mass is 587 g/mol. The minimum Gasteiger partial charge on any atom is -0.351 e. The van der Waals surface area contributed by atoms with Crippen LogP contribution in [0.5, 0.6) is 0 Å². The quantitative estimate of drug-likeness (QED) is 0.273. The minimum absolute atomic E-state index is 0.0951. The van der Waals surface area contributed by atoms with Crippen molar-refractivity contribution in [1.82, 2.24) is 9.62 Å². The number of nitrogens with two attached hydrogens (primary N) is 1. The molecule has 3 rings (SSSR count). The van der Waals surface area contributed by atoms with Gasteiger partial charge in [0.15, 0.2) is 0 Å². The summed E-state index contributed by atoms with van der Waals surface area (Å²) in [4.78, 5) is 30.7. The van der Waals surface area contributed by atoms with Gasteiger partial charge in [-0.15, -0.1) is 0 Å². The summed E-state index contributed by atoms with van der Waals surface area (Å²) in [6, 6.07) is 3.04. The fourth-order valence-corrected chi connectivity index (χ4v) is 7.14. The van der Waals surface area contributed by atoms with Crippen LogP contribution in [0.1, 0.15) is 101 Å². The summed E-state index contributed by atoms with van der Waals surface area (Å²) in [5.74, 6) is 1.32. The number of hydrogen-bond donors (Lipinski definition) is 2. The third-order valence-electron chi connectivity index (χ3n) is 8.59. The van der Waals surface area contributed by atoms with Crippen molar-refractivity contribution in [2.75, 3.05) is 25.0 Å². The maximum absolute atomic E-state index is 13.2. The molecule has 41 heavy (non-hydrogen) atoms. The number of urea groups is 1. The number of unbranched alkanes of at least 4 members (excludes halogenated alkanes) is 3. The molecule has 1 aromatic carbocycles. The Balaban J connectivity index is 1.61. The van der Waals surface area contributed by atoms with Gasteiger partial charge in [-0.25, -0.2) is 13.2 Å². The molecule has 0 radical (unpaired) electrons. The number of amidine groups is 1. The summed E-state index contributed by atoms with van der Waals surface area (Å²) in [7, 11) is -2.09. The van der Waals surface area contributed by atoms with Crippen LogP contribution in [0.15, 0.2) is 22.5 Å². The van der Waals surface area contributed by atoms with Crippen LogP contribution in [0, 0.1) is 19.8 Å². The van der Waals surface area contributed by atoms with Gasteiger partial charge in [0.05, 0.1) is 0 Å². The second kappa shape index (κ2) is 14.4. The average molecular weight is 588 g/mol. The molecule has 3 N–H and O–H groups in total. The maximum atomic E-state index is 13.2. The lowest BCUT2D eigenvalue weighted by molar-refractivity contribution is -0.124. The van der Waals surface area contributed by atoms with Gasteiger partial charge in [0.2, 0.25) is 10.0 Å². The van der Waals surface area contributed by atoms with Crippen molar-refractivity contribution in [1.29, 1.82) is 0 Å². The second-order valence-corrected chi connectivity index (χ2v) is 13.5. The summed E-state index contributed by atoms with van der Waals surface area (Å²) in [6.45, 7) is 8.68. The number of aliphatic imine (C=N–C) groups is 1. The highest BCUT2D eigenvalue weighted by molar-refractivity contribution is 7.92. The number of nitrogens with zero attached hydrogens (tertiary/aromatic N) is 3. The Morgan fingerprint density at radius 2 is 1.76 bits per heavy atom. The van der Waals surface area contributed by atoms with Gasteiger partial charge in [0.1, 0.15) is 11.4 Å². The van der Waals surface area contributed by atoms with Gasteiger partial charge in [-0.05, 0) is 73.9 Å². The molecule has 228 valence electrons. The first-order valence-electron chi connectivity index (χ1n) is 15.1. The molecule has 1 unspecified atom stereocenters. The third-order valence-corrected chi connectivity index (χ3v) is 10.2. The number of carbonyl (C=O) groups is 2. The van der Waals surface area contributed by atoms with Gasteiger partial charge in [-0.1, -0.05) is 58.8 Å². The number of rotatable bonds is 14. The number of carbonyl (C=O) groups excluding carboxylic acids is 2. The van der Waals surface area contributed by atoms with Crippen molar-refractivity contribution in [2.24, 2.45) is 16.6 Å². The van der Waals surface area contributed by atoms with Crippen LogP contribution in [-0.2, 0) is 14.8 Å². The van der Waals surface area contributed by atoms with Crippen molar-refractivity contribution in [3.8, 4) is 0 Å². The van der Waals surface area contributed by atoms with E-state index in [1.54, 1.807) is 25.3 Å². The molecule has 10 heteroatoms. The molecule has 1 atom stereocenters. The molecule has 3 amide bonds. The normalized spacial score (nSPS) is 18.1. The first kappa shape index (κ1) is 32.8. The molecule has 0 aromatic heterocycles. The van der Waals surface area contributed by atoms with Crippen LogP contribution in [0.25, 0.3) is 6.08 Å². The highest BCUT2D eigenvalue weighted by Gasteiger charge is 2.47. The van der Waals surface area contributed by atoms with Crippen molar-refractivity contribution in [3.63, 3.8) is 0 Å². The Hall–Kier alpha value is -2.72. The van der Waals surface area contributed by atoms with Crippen LogP contribution >= 0.6 is 0 Å². The van der Waals surface area contributed by atoms with E-state index >= 15 is 0 Å². The van der Waals surface area contributed by atoms with Crippen molar-refractivity contribution in [3.05, 3.63) is 34.2 Å². The Bertz CT molecular complexity index is 1230. The Morgan fingerprint density at radius 1 is 1.10 bits per heavy atom. The lowest BCUT2D eigenvalue weighted by Crippen LogP contribution is -2.50. The molecule has 1 saturated heterocycles. The number of piperidine rings is 1. The maximum Gasteiger partial charge on any atom is 0.318 e. The number of anilines is 1. The van der Waals surface area contributed by atoms with Gasteiger partial charge in [0, 0.05) is 37.7 Å². The number of benzene rings is 1. The number of amides is 3. The van der Waals surface area contributed by atoms with Crippen LogP contribution < -0.4 is 16.0 Å². The largest absolute Gasteiger partial charge is 0.351 e. The van der Waals surface area contributed by atoms with Crippen molar-refractivity contribution < 1.29 is 18.0 Å². The molecule has 2 aliphatic heterocycles. The lowest BCUT2D eigenvalue weighted by Gasteiger charge is -2.34.